The number of benzene rings is 1. The first-order valence-electron chi connectivity index (χ1n) is 11.9. The van der Waals surface area contributed by atoms with Gasteiger partial charge in [0.15, 0.2) is 5.82 Å². The smallest absolute Gasteiger partial charge is 0.344 e. The van der Waals surface area contributed by atoms with Crippen LogP contribution in [0.15, 0.2) is 42.7 Å². The summed E-state index contributed by atoms with van der Waals surface area (Å²) in [4.78, 5) is 19.7. The van der Waals surface area contributed by atoms with Crippen molar-refractivity contribution < 1.29 is 9.53 Å². The summed E-state index contributed by atoms with van der Waals surface area (Å²) in [5.74, 6) is 0.637. The summed E-state index contributed by atoms with van der Waals surface area (Å²) >= 11 is 0. The molecule has 2 bridgehead atoms. The van der Waals surface area contributed by atoms with Gasteiger partial charge in [0, 0.05) is 69.5 Å². The Morgan fingerprint density at radius 3 is 2.58 bits per heavy atom. The zero-order chi connectivity index (χ0) is 22.9. The standard InChI is InChI=1S/C25H34N6O2/c1-18(2)26-24-8-9-31(27-24)25(32)29-12-10-28(11-13-29)15-20-5-4-19(3)14-23(20)30-16-21-6-7-22(17-30)33-21/h4-5,8-9,14,21-22H,1,6-7,10-13,15-17H2,2-3H3,(H,26,27). The van der Waals surface area contributed by atoms with Gasteiger partial charge in [0.1, 0.15) is 0 Å². The van der Waals surface area contributed by atoms with E-state index in [1.807, 2.05) is 11.8 Å². The third kappa shape index (κ3) is 4.91. The van der Waals surface area contributed by atoms with Gasteiger partial charge >= 0.3 is 6.03 Å². The van der Waals surface area contributed by atoms with Crippen LogP contribution in [0.4, 0.5) is 16.3 Å². The topological polar surface area (TPSA) is 65.9 Å². The van der Waals surface area contributed by atoms with E-state index in [0.29, 0.717) is 31.1 Å². The lowest BCUT2D eigenvalue weighted by Crippen LogP contribution is -2.49. The molecule has 0 spiro atoms. The second-order valence-corrected chi connectivity index (χ2v) is 9.59. The summed E-state index contributed by atoms with van der Waals surface area (Å²) in [7, 11) is 0. The van der Waals surface area contributed by atoms with Crippen LogP contribution in [-0.2, 0) is 11.3 Å². The maximum atomic E-state index is 12.9. The minimum Gasteiger partial charge on any atom is -0.371 e. The molecule has 0 saturated carbocycles. The molecule has 8 nitrogen and oxygen atoms in total. The number of rotatable bonds is 5. The molecule has 3 aliphatic heterocycles. The number of carbonyl (C=O) groups is 1. The van der Waals surface area contributed by atoms with Gasteiger partial charge in [-0.2, -0.15) is 4.68 Å². The fraction of sp³-hybridized carbons (Fsp3) is 0.520. The highest BCUT2D eigenvalue weighted by atomic mass is 16.5. The second-order valence-electron chi connectivity index (χ2n) is 9.59. The Morgan fingerprint density at radius 1 is 1.15 bits per heavy atom. The quantitative estimate of drug-likeness (QED) is 0.754. The maximum Gasteiger partial charge on any atom is 0.344 e. The Bertz CT molecular complexity index is 1010. The minimum absolute atomic E-state index is 0.0794. The number of hydrogen-bond donors (Lipinski definition) is 1. The molecule has 1 amide bonds. The number of piperazine rings is 1. The zero-order valence-corrected chi connectivity index (χ0v) is 19.7. The number of fused-ring (bicyclic) bond motifs is 2. The van der Waals surface area contributed by atoms with Crippen molar-refractivity contribution in [2.75, 3.05) is 49.5 Å². The van der Waals surface area contributed by atoms with Gasteiger partial charge in [0.05, 0.1) is 12.2 Å². The van der Waals surface area contributed by atoms with Crippen molar-refractivity contribution in [3.63, 3.8) is 0 Å². The predicted molar refractivity (Wildman–Crippen MR) is 130 cm³/mol. The molecule has 0 radical (unpaired) electrons. The van der Waals surface area contributed by atoms with Crippen molar-refractivity contribution in [1.82, 2.24) is 19.6 Å². The third-order valence-corrected chi connectivity index (χ3v) is 6.79. The molecule has 8 heteroatoms. The lowest BCUT2D eigenvalue weighted by atomic mass is 10.1. The van der Waals surface area contributed by atoms with Crippen molar-refractivity contribution in [2.24, 2.45) is 0 Å². The molecule has 1 aromatic carbocycles. The van der Waals surface area contributed by atoms with E-state index >= 15 is 0 Å². The van der Waals surface area contributed by atoms with Crippen molar-refractivity contribution in [3.8, 4) is 0 Å². The van der Waals surface area contributed by atoms with Crippen LogP contribution in [0.2, 0.25) is 0 Å². The fourth-order valence-electron chi connectivity index (χ4n) is 5.11. The average molecular weight is 451 g/mol. The summed E-state index contributed by atoms with van der Waals surface area (Å²) < 4.78 is 7.46. The number of nitrogens with one attached hydrogen (secondary N) is 1. The number of hydrogen-bond acceptors (Lipinski definition) is 6. The van der Waals surface area contributed by atoms with Crippen molar-refractivity contribution in [2.45, 2.75) is 45.4 Å². The molecule has 2 atom stereocenters. The van der Waals surface area contributed by atoms with Gasteiger partial charge in [-0.15, -0.1) is 5.10 Å². The molecule has 2 unspecified atom stereocenters. The number of aromatic nitrogens is 2. The van der Waals surface area contributed by atoms with E-state index in [9.17, 15) is 4.79 Å². The summed E-state index contributed by atoms with van der Waals surface area (Å²) in [6, 6.07) is 8.53. The number of aryl methyl sites for hydroxylation is 1. The number of amides is 1. The normalized spacial score (nSPS) is 23.1. The molecular formula is C25H34N6O2. The molecule has 3 saturated heterocycles. The monoisotopic (exact) mass is 450 g/mol. The Hall–Kier alpha value is -2.84. The van der Waals surface area contributed by atoms with E-state index < -0.39 is 0 Å². The first-order valence-corrected chi connectivity index (χ1v) is 11.9. The molecule has 1 aromatic heterocycles. The van der Waals surface area contributed by atoms with E-state index in [0.717, 1.165) is 38.4 Å². The van der Waals surface area contributed by atoms with E-state index in [1.54, 1.807) is 12.3 Å². The van der Waals surface area contributed by atoms with E-state index in [1.165, 1.54) is 34.3 Å². The van der Waals surface area contributed by atoms with E-state index in [2.05, 4.69) is 51.9 Å². The number of nitrogens with zero attached hydrogens (tertiary/aromatic N) is 5. The van der Waals surface area contributed by atoms with Gasteiger partial charge in [-0.25, -0.2) is 4.79 Å². The van der Waals surface area contributed by atoms with E-state index in [-0.39, 0.29) is 6.03 Å². The fourth-order valence-corrected chi connectivity index (χ4v) is 5.11. The Labute approximate surface area is 195 Å². The second kappa shape index (κ2) is 9.19. The van der Waals surface area contributed by atoms with Crippen LogP contribution in [0.5, 0.6) is 0 Å². The predicted octanol–water partition coefficient (Wildman–Crippen LogP) is 3.29. The SMILES string of the molecule is C=C(C)Nc1ccn(C(=O)N2CCN(Cc3ccc(C)cc3N3CC4CCC(C3)O4)CC2)n1. The number of allylic oxidation sites excluding steroid dienone is 1. The van der Waals surface area contributed by atoms with Gasteiger partial charge in [-0.05, 0) is 43.9 Å². The molecule has 5 rings (SSSR count). The lowest BCUT2D eigenvalue weighted by molar-refractivity contribution is 0.0304. The van der Waals surface area contributed by atoms with Gasteiger partial charge in [0.25, 0.3) is 0 Å². The Kier molecular flexibility index (Phi) is 6.12. The van der Waals surface area contributed by atoms with Gasteiger partial charge in [0.2, 0.25) is 0 Å². The summed E-state index contributed by atoms with van der Waals surface area (Å²) in [5.41, 5.74) is 4.80. The Balaban J connectivity index is 1.20. The molecule has 0 aliphatic carbocycles. The van der Waals surface area contributed by atoms with Crippen LogP contribution >= 0.6 is 0 Å². The van der Waals surface area contributed by atoms with Crippen LogP contribution < -0.4 is 10.2 Å². The van der Waals surface area contributed by atoms with Gasteiger partial charge < -0.3 is 19.9 Å². The molecule has 33 heavy (non-hydrogen) atoms. The number of ether oxygens (including phenoxy) is 1. The van der Waals surface area contributed by atoms with Gasteiger partial charge in [-0.3, -0.25) is 4.90 Å². The summed E-state index contributed by atoms with van der Waals surface area (Å²) in [5, 5.41) is 7.37. The zero-order valence-electron chi connectivity index (χ0n) is 19.7. The largest absolute Gasteiger partial charge is 0.371 e. The Morgan fingerprint density at radius 2 is 1.88 bits per heavy atom. The summed E-state index contributed by atoms with van der Waals surface area (Å²) in [6.45, 7) is 13.8. The third-order valence-electron chi connectivity index (χ3n) is 6.79. The molecule has 2 aromatic rings. The summed E-state index contributed by atoms with van der Waals surface area (Å²) in [6.07, 6.45) is 4.81. The molecule has 3 aliphatic rings. The number of anilines is 2. The number of morpholine rings is 1. The lowest BCUT2D eigenvalue weighted by Gasteiger charge is -2.37. The average Bonchev–Trinajstić information content (AvgIpc) is 3.40. The van der Waals surface area contributed by atoms with Crippen LogP contribution in [0.25, 0.3) is 0 Å². The molecule has 176 valence electrons. The highest BCUT2D eigenvalue weighted by Gasteiger charge is 2.34. The van der Waals surface area contributed by atoms with Crippen molar-refractivity contribution in [3.05, 3.63) is 53.9 Å². The van der Waals surface area contributed by atoms with E-state index in [4.69, 9.17) is 4.74 Å². The molecule has 1 N–H and O–H groups in total. The van der Waals surface area contributed by atoms with Crippen molar-refractivity contribution >= 4 is 17.5 Å². The first-order chi connectivity index (χ1) is 15.9. The van der Waals surface area contributed by atoms with Crippen LogP contribution in [0.3, 0.4) is 0 Å². The van der Waals surface area contributed by atoms with Crippen LogP contribution in [0.1, 0.15) is 30.9 Å². The molecule has 3 fully saturated rings. The molecular weight excluding hydrogens is 416 g/mol. The molecule has 4 heterocycles. The highest BCUT2D eigenvalue weighted by molar-refractivity contribution is 5.76. The highest BCUT2D eigenvalue weighted by Crippen LogP contribution is 2.32. The van der Waals surface area contributed by atoms with Crippen LogP contribution in [-0.4, -0.2) is 77.1 Å². The minimum atomic E-state index is -0.0794. The van der Waals surface area contributed by atoms with Crippen molar-refractivity contribution in [1.29, 1.82) is 0 Å². The first kappa shape index (κ1) is 22.0. The maximum absolute atomic E-state index is 12.9. The van der Waals surface area contributed by atoms with Crippen LogP contribution in [0, 0.1) is 6.92 Å². The number of carbonyl (C=O) groups excluding carboxylic acids is 1. The van der Waals surface area contributed by atoms with Gasteiger partial charge in [-0.1, -0.05) is 18.7 Å².